The molecule has 3 aromatic carbocycles. The third-order valence-corrected chi connectivity index (χ3v) is 5.02. The van der Waals surface area contributed by atoms with Crippen molar-refractivity contribution in [2.24, 2.45) is 0 Å². The molecule has 29 heavy (non-hydrogen) atoms. The van der Waals surface area contributed by atoms with Gasteiger partial charge in [0.25, 0.3) is 0 Å². The summed E-state index contributed by atoms with van der Waals surface area (Å²) in [4.78, 5) is 23.9. The molecule has 1 N–H and O–H groups in total. The molecule has 0 aromatic heterocycles. The molecule has 0 aliphatic carbocycles. The zero-order chi connectivity index (χ0) is 21.0. The molecule has 1 unspecified atom stereocenters. The highest BCUT2D eigenvalue weighted by atomic mass is 16.5. The quantitative estimate of drug-likeness (QED) is 0.437. The summed E-state index contributed by atoms with van der Waals surface area (Å²) in [6, 6.07) is 18.2. The van der Waals surface area contributed by atoms with Gasteiger partial charge in [-0.3, -0.25) is 4.79 Å². The summed E-state index contributed by atoms with van der Waals surface area (Å²) >= 11 is 0. The molecule has 0 saturated heterocycles. The fourth-order valence-electron chi connectivity index (χ4n) is 3.36. The second-order valence-corrected chi connectivity index (χ2v) is 7.11. The van der Waals surface area contributed by atoms with Gasteiger partial charge >= 0.3 is 5.97 Å². The summed E-state index contributed by atoms with van der Waals surface area (Å²) in [5, 5.41) is 12.7. The Morgan fingerprint density at radius 2 is 1.72 bits per heavy atom. The first-order valence-corrected chi connectivity index (χ1v) is 9.49. The minimum absolute atomic E-state index is 0.0797. The largest absolute Gasteiger partial charge is 0.465 e. The highest BCUT2D eigenvalue weighted by Gasteiger charge is 2.14. The summed E-state index contributed by atoms with van der Waals surface area (Å²) in [5.74, 6) is -0.520. The molecule has 0 aliphatic heterocycles. The standard InChI is InChI=1S/C25H24O4/c1-16(2)21-6-4-5-17-7-12-20(15-22(17)21)24(27)14-13-23(26)18-8-10-19(11-9-18)25(28)29-3/h4-12,15,24,27H,1,13-14H2,2-3H3. The van der Waals surface area contributed by atoms with Crippen molar-refractivity contribution in [3.05, 3.63) is 89.5 Å². The number of allylic oxidation sites excluding steroid dienone is 1. The number of carbonyl (C=O) groups is 2. The molecule has 3 aromatic rings. The molecule has 0 amide bonds. The van der Waals surface area contributed by atoms with Gasteiger partial charge in [0.05, 0.1) is 18.8 Å². The molecule has 0 saturated carbocycles. The van der Waals surface area contributed by atoms with Crippen LogP contribution in [0.2, 0.25) is 0 Å². The Bertz CT molecular complexity index is 1060. The van der Waals surface area contributed by atoms with Gasteiger partial charge in [-0.2, -0.15) is 0 Å². The molecule has 4 heteroatoms. The number of methoxy groups -OCH3 is 1. The molecule has 1 atom stereocenters. The average Bonchev–Trinajstić information content (AvgIpc) is 2.75. The highest BCUT2D eigenvalue weighted by Crippen LogP contribution is 2.28. The van der Waals surface area contributed by atoms with Crippen molar-refractivity contribution < 1.29 is 19.4 Å². The molecular formula is C25H24O4. The van der Waals surface area contributed by atoms with Crippen LogP contribution in [0.4, 0.5) is 0 Å². The molecule has 0 radical (unpaired) electrons. The maximum absolute atomic E-state index is 12.4. The normalized spacial score (nSPS) is 11.8. The Kier molecular flexibility index (Phi) is 6.25. The molecule has 4 nitrogen and oxygen atoms in total. The number of fused-ring (bicyclic) bond motifs is 1. The van der Waals surface area contributed by atoms with Gasteiger partial charge in [-0.05, 0) is 53.4 Å². The number of Topliss-reactive ketones (excluding diaryl/α,β-unsaturated/α-hetero) is 1. The van der Waals surface area contributed by atoms with Crippen LogP contribution in [-0.4, -0.2) is 24.0 Å². The van der Waals surface area contributed by atoms with Gasteiger partial charge < -0.3 is 9.84 Å². The number of hydrogen-bond donors (Lipinski definition) is 1. The van der Waals surface area contributed by atoms with Gasteiger partial charge in [0.15, 0.2) is 5.78 Å². The van der Waals surface area contributed by atoms with E-state index in [4.69, 9.17) is 0 Å². The molecule has 0 fully saturated rings. The monoisotopic (exact) mass is 388 g/mol. The van der Waals surface area contributed by atoms with Crippen molar-refractivity contribution >= 4 is 28.1 Å². The smallest absolute Gasteiger partial charge is 0.337 e. The molecule has 148 valence electrons. The van der Waals surface area contributed by atoms with E-state index in [0.717, 1.165) is 27.5 Å². The molecule has 0 aliphatic rings. The van der Waals surface area contributed by atoms with E-state index in [1.165, 1.54) is 7.11 Å². The minimum Gasteiger partial charge on any atom is -0.465 e. The minimum atomic E-state index is -0.740. The van der Waals surface area contributed by atoms with E-state index in [1.54, 1.807) is 24.3 Å². The third-order valence-electron chi connectivity index (χ3n) is 5.02. The Hall–Kier alpha value is -3.24. The number of ketones is 1. The SMILES string of the molecule is C=C(C)c1cccc2ccc(C(O)CCC(=O)c3ccc(C(=O)OC)cc3)cc12. The van der Waals surface area contributed by atoms with Crippen LogP contribution in [0.15, 0.2) is 67.2 Å². The van der Waals surface area contributed by atoms with Crippen LogP contribution in [0, 0.1) is 0 Å². The fourth-order valence-corrected chi connectivity index (χ4v) is 3.36. The molecule has 0 heterocycles. The maximum Gasteiger partial charge on any atom is 0.337 e. The average molecular weight is 388 g/mol. The van der Waals surface area contributed by atoms with E-state index in [0.29, 0.717) is 17.5 Å². The Balaban J connectivity index is 1.71. The lowest BCUT2D eigenvalue weighted by molar-refractivity contribution is 0.0600. The molecule has 0 spiro atoms. The summed E-state index contributed by atoms with van der Waals surface area (Å²) in [5.41, 5.74) is 3.70. The predicted molar refractivity (Wildman–Crippen MR) is 115 cm³/mol. The second-order valence-electron chi connectivity index (χ2n) is 7.11. The van der Waals surface area contributed by atoms with Gasteiger partial charge in [-0.1, -0.05) is 54.6 Å². The van der Waals surface area contributed by atoms with Crippen molar-refractivity contribution in [3.63, 3.8) is 0 Å². The fraction of sp³-hybridized carbons (Fsp3) is 0.200. The van der Waals surface area contributed by atoms with Gasteiger partial charge in [0.1, 0.15) is 0 Å². The van der Waals surface area contributed by atoms with Crippen LogP contribution < -0.4 is 0 Å². The first kappa shape index (κ1) is 20.5. The van der Waals surface area contributed by atoms with Crippen molar-refractivity contribution in [2.45, 2.75) is 25.9 Å². The van der Waals surface area contributed by atoms with E-state index in [9.17, 15) is 14.7 Å². The number of benzene rings is 3. The maximum atomic E-state index is 12.4. The Morgan fingerprint density at radius 3 is 2.38 bits per heavy atom. The first-order chi connectivity index (χ1) is 13.9. The van der Waals surface area contributed by atoms with Crippen LogP contribution in [0.25, 0.3) is 16.3 Å². The van der Waals surface area contributed by atoms with E-state index in [1.807, 2.05) is 43.3 Å². The summed E-state index contributed by atoms with van der Waals surface area (Å²) < 4.78 is 4.66. The summed E-state index contributed by atoms with van der Waals surface area (Å²) in [6.45, 7) is 5.99. The number of aliphatic hydroxyl groups is 1. The van der Waals surface area contributed by atoms with Crippen LogP contribution in [0.5, 0.6) is 0 Å². The molecule has 0 bridgehead atoms. The topological polar surface area (TPSA) is 63.6 Å². The zero-order valence-electron chi connectivity index (χ0n) is 16.6. The molecule has 3 rings (SSSR count). The van der Waals surface area contributed by atoms with E-state index in [2.05, 4.69) is 11.3 Å². The van der Waals surface area contributed by atoms with Crippen LogP contribution >= 0.6 is 0 Å². The number of rotatable bonds is 7. The lowest BCUT2D eigenvalue weighted by Crippen LogP contribution is -2.06. The highest BCUT2D eigenvalue weighted by molar-refractivity contribution is 5.97. The predicted octanol–water partition coefficient (Wildman–Crippen LogP) is 5.36. The third kappa shape index (κ3) is 4.61. The summed E-state index contributed by atoms with van der Waals surface area (Å²) in [6.07, 6.45) is -0.215. The number of esters is 1. The number of aliphatic hydroxyl groups excluding tert-OH is 1. The van der Waals surface area contributed by atoms with Gasteiger partial charge in [0, 0.05) is 12.0 Å². The Morgan fingerprint density at radius 1 is 1.03 bits per heavy atom. The number of hydrogen-bond acceptors (Lipinski definition) is 4. The molecular weight excluding hydrogens is 364 g/mol. The van der Waals surface area contributed by atoms with Gasteiger partial charge in [0.2, 0.25) is 0 Å². The van der Waals surface area contributed by atoms with E-state index < -0.39 is 12.1 Å². The van der Waals surface area contributed by atoms with E-state index >= 15 is 0 Å². The van der Waals surface area contributed by atoms with Crippen molar-refractivity contribution in [2.75, 3.05) is 7.11 Å². The zero-order valence-corrected chi connectivity index (χ0v) is 16.6. The Labute approximate surface area is 170 Å². The second kappa shape index (κ2) is 8.84. The first-order valence-electron chi connectivity index (χ1n) is 9.49. The van der Waals surface area contributed by atoms with Crippen molar-refractivity contribution in [3.8, 4) is 0 Å². The number of ether oxygens (including phenoxy) is 1. The summed E-state index contributed by atoms with van der Waals surface area (Å²) in [7, 11) is 1.31. The number of carbonyl (C=O) groups excluding carboxylic acids is 2. The van der Waals surface area contributed by atoms with Crippen LogP contribution in [0.3, 0.4) is 0 Å². The van der Waals surface area contributed by atoms with Crippen LogP contribution in [-0.2, 0) is 4.74 Å². The van der Waals surface area contributed by atoms with Crippen molar-refractivity contribution in [1.82, 2.24) is 0 Å². The van der Waals surface area contributed by atoms with Crippen molar-refractivity contribution in [1.29, 1.82) is 0 Å². The van der Waals surface area contributed by atoms with Crippen LogP contribution in [0.1, 0.15) is 57.7 Å². The van der Waals surface area contributed by atoms with E-state index in [-0.39, 0.29) is 12.2 Å². The lowest BCUT2D eigenvalue weighted by Gasteiger charge is -2.13. The van der Waals surface area contributed by atoms with Gasteiger partial charge in [-0.15, -0.1) is 0 Å². The lowest BCUT2D eigenvalue weighted by atomic mass is 9.94. The van der Waals surface area contributed by atoms with Gasteiger partial charge in [-0.25, -0.2) is 4.79 Å².